The van der Waals surface area contributed by atoms with E-state index in [4.69, 9.17) is 4.84 Å². The number of oxime groups is 1. The Balaban J connectivity index is 1.16. The van der Waals surface area contributed by atoms with Crippen LogP contribution in [0.4, 0.5) is 0 Å². The van der Waals surface area contributed by atoms with Gasteiger partial charge >= 0.3 is 0 Å². The molecule has 0 radical (unpaired) electrons. The van der Waals surface area contributed by atoms with Crippen LogP contribution < -0.4 is 10.0 Å². The molecule has 2 aromatic carbocycles. The Morgan fingerprint density at radius 2 is 1.62 bits per heavy atom. The summed E-state index contributed by atoms with van der Waals surface area (Å²) in [6.45, 7) is 7.06. The number of hydroxylamine groups is 2. The van der Waals surface area contributed by atoms with Gasteiger partial charge in [-0.25, -0.2) is 13.5 Å². The molecule has 2 aromatic rings. The number of carbonyl (C=O) groups excluding carboxylic acids is 4. The lowest BCUT2D eigenvalue weighted by atomic mass is 10.0. The number of rotatable bonds is 12. The predicted octanol–water partition coefficient (Wildman–Crippen LogP) is 2.73. The van der Waals surface area contributed by atoms with E-state index >= 15 is 0 Å². The number of hydrogen-bond donors (Lipinski definition) is 3. The third-order valence-corrected chi connectivity index (χ3v) is 12.2. The number of sulfonamides is 1. The van der Waals surface area contributed by atoms with Gasteiger partial charge in [-0.1, -0.05) is 73.6 Å². The van der Waals surface area contributed by atoms with Crippen molar-refractivity contribution in [2.45, 2.75) is 81.3 Å². The van der Waals surface area contributed by atoms with Crippen molar-refractivity contribution in [1.29, 1.82) is 0 Å². The van der Waals surface area contributed by atoms with E-state index in [9.17, 15) is 32.8 Å². The van der Waals surface area contributed by atoms with E-state index in [1.165, 1.54) is 11.0 Å². The zero-order chi connectivity index (χ0) is 35.5. The molecular weight excluding hydrogens is 662 g/mol. The number of nitrogens with zero attached hydrogens (tertiary/aromatic N) is 3. The second kappa shape index (κ2) is 12.6. The number of carbonyl (C=O) groups is 4. The van der Waals surface area contributed by atoms with Crippen LogP contribution in [0, 0.1) is 17.8 Å². The highest BCUT2D eigenvalue weighted by molar-refractivity contribution is 7.91. The third kappa shape index (κ3) is 6.08. The van der Waals surface area contributed by atoms with Crippen molar-refractivity contribution < 1.29 is 37.6 Å². The van der Waals surface area contributed by atoms with E-state index in [-0.39, 0.29) is 25.3 Å². The van der Waals surface area contributed by atoms with Crippen LogP contribution >= 0.6 is 0 Å². The average Bonchev–Trinajstić information content (AvgIpc) is 4.00. The molecule has 4 amide bonds. The Morgan fingerprint density at radius 3 is 2.14 bits per heavy atom. The molecule has 3 N–H and O–H groups in total. The molecule has 0 unspecified atom stereocenters. The summed E-state index contributed by atoms with van der Waals surface area (Å²) in [5, 5.41) is 18.1. The lowest BCUT2D eigenvalue weighted by Gasteiger charge is -2.34. The van der Waals surface area contributed by atoms with Gasteiger partial charge in [-0.15, -0.1) is 6.58 Å². The van der Waals surface area contributed by atoms with Crippen LogP contribution in [0.25, 0.3) is 11.1 Å². The van der Waals surface area contributed by atoms with Crippen LogP contribution in [-0.4, -0.2) is 88.4 Å². The number of nitrogens with one attached hydrogen (secondary N) is 2. The monoisotopic (exact) mass is 703 g/mol. The number of fused-ring (bicyclic) bond motifs is 3. The van der Waals surface area contributed by atoms with Gasteiger partial charge in [0.15, 0.2) is 0 Å². The van der Waals surface area contributed by atoms with Crippen molar-refractivity contribution in [3.05, 3.63) is 72.3 Å². The predicted molar refractivity (Wildman–Crippen MR) is 182 cm³/mol. The standard InChI is InChI=1S/C36H41N5O8S/c1-4-22-18-36(22,35(45)39-50(47,48)24-15-16-24)37-32(42)29-17-23(19-40(29)34(44)31(20(2)3)41(46)33(43)21-13-14-21)49-38-30-27-11-7-5-9-25(27)26-10-6-8-12-28(26)30/h4-12,20-24,29,31,46H,1,13-19H2,2-3H3,(H,37,42)(H,39,45)/t22-,23-,29+,31-,36+/m1/s1. The number of hydrogen-bond acceptors (Lipinski definition) is 9. The fourth-order valence-electron chi connectivity index (χ4n) is 7.10. The average molecular weight is 704 g/mol. The molecule has 0 aromatic heterocycles. The quantitative estimate of drug-likeness (QED) is 0.147. The van der Waals surface area contributed by atoms with Gasteiger partial charge in [0, 0.05) is 29.4 Å². The van der Waals surface area contributed by atoms with Gasteiger partial charge in [0.25, 0.3) is 5.91 Å². The highest BCUT2D eigenvalue weighted by atomic mass is 32.2. The van der Waals surface area contributed by atoms with Gasteiger partial charge in [0.2, 0.25) is 27.7 Å². The SMILES string of the molecule is C=C[C@@H]1C[C@@]1(NC(=O)[C@@H]1C[C@@H](ON=C2c3ccccc3-c3ccccc32)CN1C(=O)[C@@H](C(C)C)N(O)C(=O)C1CC1)C(=O)NS(=O)(=O)C1CC1. The second-order valence-corrected chi connectivity index (χ2v) is 16.3. The van der Waals surface area contributed by atoms with E-state index < -0.39 is 74.5 Å². The first-order valence-corrected chi connectivity index (χ1v) is 18.7. The topological polar surface area (TPSA) is 175 Å². The fourth-order valence-corrected chi connectivity index (χ4v) is 8.47. The van der Waals surface area contributed by atoms with Crippen LogP contribution in [0.3, 0.4) is 0 Å². The summed E-state index contributed by atoms with van der Waals surface area (Å²) in [6, 6.07) is 13.1. The Bertz CT molecular complexity index is 1860. The fraction of sp³-hybridized carbons (Fsp3) is 0.472. The van der Waals surface area contributed by atoms with E-state index in [0.29, 0.717) is 36.5 Å². The van der Waals surface area contributed by atoms with E-state index in [1.807, 2.05) is 48.5 Å². The molecule has 1 aliphatic heterocycles. The second-order valence-electron chi connectivity index (χ2n) is 14.3. The smallest absolute Gasteiger partial charge is 0.259 e. The molecule has 50 heavy (non-hydrogen) atoms. The maximum absolute atomic E-state index is 14.3. The summed E-state index contributed by atoms with van der Waals surface area (Å²) < 4.78 is 27.4. The van der Waals surface area contributed by atoms with Crippen LogP contribution in [0.5, 0.6) is 0 Å². The Kier molecular flexibility index (Phi) is 8.58. The van der Waals surface area contributed by atoms with Crippen molar-refractivity contribution in [2.75, 3.05) is 6.54 Å². The molecule has 13 nitrogen and oxygen atoms in total. The van der Waals surface area contributed by atoms with Crippen LogP contribution in [-0.2, 0) is 34.0 Å². The Hall–Kier alpha value is -4.56. The summed E-state index contributed by atoms with van der Waals surface area (Å²) in [6.07, 6.45) is 3.00. The summed E-state index contributed by atoms with van der Waals surface area (Å²) >= 11 is 0. The van der Waals surface area contributed by atoms with Gasteiger partial charge in [-0.05, 0) is 49.1 Å². The summed E-state index contributed by atoms with van der Waals surface area (Å²) in [5.41, 5.74) is 2.81. The number of likely N-dealkylation sites (tertiary alicyclic amines) is 1. The molecule has 3 saturated carbocycles. The van der Waals surface area contributed by atoms with Crippen molar-refractivity contribution in [3.8, 4) is 11.1 Å². The summed E-state index contributed by atoms with van der Waals surface area (Å²) in [4.78, 5) is 62.0. The first-order valence-electron chi connectivity index (χ1n) is 17.1. The molecule has 4 fully saturated rings. The van der Waals surface area contributed by atoms with Crippen LogP contribution in [0.1, 0.15) is 63.5 Å². The van der Waals surface area contributed by atoms with Crippen molar-refractivity contribution in [3.63, 3.8) is 0 Å². The normalized spacial score (nSPS) is 25.6. The molecule has 5 aliphatic rings. The van der Waals surface area contributed by atoms with E-state index in [0.717, 1.165) is 22.3 Å². The highest BCUT2D eigenvalue weighted by Gasteiger charge is 2.62. The van der Waals surface area contributed by atoms with Crippen molar-refractivity contribution >= 4 is 39.4 Å². The first-order chi connectivity index (χ1) is 23.9. The molecule has 264 valence electrons. The first kappa shape index (κ1) is 33.9. The van der Waals surface area contributed by atoms with Gasteiger partial charge in [-0.2, -0.15) is 0 Å². The molecular formula is C36H41N5O8S. The van der Waals surface area contributed by atoms with Crippen molar-refractivity contribution in [1.82, 2.24) is 20.0 Å². The summed E-state index contributed by atoms with van der Waals surface area (Å²) in [7, 11) is -3.90. The highest BCUT2D eigenvalue weighted by Crippen LogP contribution is 2.46. The Labute approximate surface area is 290 Å². The Morgan fingerprint density at radius 1 is 1.02 bits per heavy atom. The van der Waals surface area contributed by atoms with Gasteiger partial charge in [-0.3, -0.25) is 29.1 Å². The minimum absolute atomic E-state index is 0.0126. The maximum Gasteiger partial charge on any atom is 0.259 e. The van der Waals surface area contributed by atoms with Crippen molar-refractivity contribution in [2.24, 2.45) is 22.9 Å². The third-order valence-electron chi connectivity index (χ3n) is 10.3. The minimum Gasteiger partial charge on any atom is -0.390 e. The van der Waals surface area contributed by atoms with Crippen LogP contribution in [0.2, 0.25) is 0 Å². The zero-order valence-electron chi connectivity index (χ0n) is 27.9. The molecule has 4 aliphatic carbocycles. The molecule has 14 heteroatoms. The summed E-state index contributed by atoms with van der Waals surface area (Å²) in [5.74, 6) is -4.15. The molecule has 1 saturated heterocycles. The van der Waals surface area contributed by atoms with Crippen LogP contribution in [0.15, 0.2) is 66.3 Å². The van der Waals surface area contributed by atoms with Gasteiger partial charge in [0.05, 0.1) is 11.8 Å². The molecule has 5 atom stereocenters. The molecule has 0 spiro atoms. The lowest BCUT2D eigenvalue weighted by Crippen LogP contribution is -2.59. The molecule has 0 bridgehead atoms. The molecule has 1 heterocycles. The largest absolute Gasteiger partial charge is 0.390 e. The lowest BCUT2D eigenvalue weighted by molar-refractivity contribution is -0.189. The number of amides is 4. The minimum atomic E-state index is -3.90. The van der Waals surface area contributed by atoms with E-state index in [2.05, 4.69) is 21.8 Å². The van der Waals surface area contributed by atoms with E-state index in [1.54, 1.807) is 13.8 Å². The molecule has 7 rings (SSSR count). The number of benzene rings is 2. The van der Waals surface area contributed by atoms with Gasteiger partial charge in [0.1, 0.15) is 29.4 Å². The van der Waals surface area contributed by atoms with Gasteiger partial charge < -0.3 is 15.1 Å². The maximum atomic E-state index is 14.3. The zero-order valence-corrected chi connectivity index (χ0v) is 28.8.